The summed E-state index contributed by atoms with van der Waals surface area (Å²) in [6.45, 7) is 8.08. The summed E-state index contributed by atoms with van der Waals surface area (Å²) in [6.07, 6.45) is 0. The Labute approximate surface area is 136 Å². The normalized spacial score (nSPS) is 10.4. The maximum absolute atomic E-state index is 12.0. The number of halogens is 1. The van der Waals surface area contributed by atoms with Crippen LogP contribution in [-0.4, -0.2) is 12.5 Å². The smallest absolute Gasteiger partial charge is 0.262 e. The predicted molar refractivity (Wildman–Crippen MR) is 91.0 cm³/mol. The predicted octanol–water partition coefficient (Wildman–Crippen LogP) is 4.59. The lowest BCUT2D eigenvalue weighted by molar-refractivity contribution is -0.118. The Kier molecular flexibility index (Phi) is 5.09. The molecule has 0 atom stereocenters. The van der Waals surface area contributed by atoms with Gasteiger partial charge in [0.05, 0.1) is 0 Å². The van der Waals surface area contributed by atoms with Crippen LogP contribution in [-0.2, 0) is 4.79 Å². The van der Waals surface area contributed by atoms with E-state index in [0.717, 1.165) is 28.0 Å². The minimum Gasteiger partial charge on any atom is -0.483 e. The highest BCUT2D eigenvalue weighted by Crippen LogP contribution is 2.28. The first-order chi connectivity index (χ1) is 10.4. The molecular weight excluding hydrogens is 298 g/mol. The van der Waals surface area contributed by atoms with Gasteiger partial charge in [-0.2, -0.15) is 0 Å². The second-order valence-corrected chi connectivity index (χ2v) is 5.87. The molecule has 116 valence electrons. The largest absolute Gasteiger partial charge is 0.483 e. The Morgan fingerprint density at radius 1 is 1.05 bits per heavy atom. The Bertz CT molecular complexity index is 667. The molecule has 0 aliphatic carbocycles. The van der Waals surface area contributed by atoms with Gasteiger partial charge in [0, 0.05) is 10.7 Å². The molecule has 0 spiro atoms. The highest BCUT2D eigenvalue weighted by Gasteiger charge is 2.11. The van der Waals surface area contributed by atoms with Crippen LogP contribution in [0.25, 0.3) is 0 Å². The van der Waals surface area contributed by atoms with Crippen LogP contribution in [0, 0.1) is 27.7 Å². The lowest BCUT2D eigenvalue weighted by atomic mass is 10.0. The van der Waals surface area contributed by atoms with Crippen molar-refractivity contribution in [2.75, 3.05) is 11.9 Å². The molecule has 0 radical (unpaired) electrons. The van der Waals surface area contributed by atoms with Gasteiger partial charge in [0.1, 0.15) is 5.75 Å². The van der Waals surface area contributed by atoms with Crippen molar-refractivity contribution in [1.82, 2.24) is 0 Å². The molecule has 0 saturated heterocycles. The molecule has 0 aliphatic heterocycles. The van der Waals surface area contributed by atoms with Crippen molar-refractivity contribution in [2.24, 2.45) is 0 Å². The first-order valence-electron chi connectivity index (χ1n) is 7.14. The van der Waals surface area contributed by atoms with Crippen LogP contribution in [0.1, 0.15) is 22.3 Å². The van der Waals surface area contributed by atoms with E-state index in [4.69, 9.17) is 16.3 Å². The van der Waals surface area contributed by atoms with E-state index < -0.39 is 0 Å². The summed E-state index contributed by atoms with van der Waals surface area (Å²) >= 11 is 5.82. The van der Waals surface area contributed by atoms with Gasteiger partial charge in [0.25, 0.3) is 5.91 Å². The van der Waals surface area contributed by atoms with E-state index in [1.807, 2.05) is 27.7 Å². The fourth-order valence-electron chi connectivity index (χ4n) is 2.27. The van der Waals surface area contributed by atoms with E-state index in [0.29, 0.717) is 10.7 Å². The van der Waals surface area contributed by atoms with Crippen LogP contribution >= 0.6 is 11.6 Å². The Morgan fingerprint density at radius 3 is 2.14 bits per heavy atom. The number of ether oxygens (including phenoxy) is 1. The molecule has 0 bridgehead atoms. The lowest BCUT2D eigenvalue weighted by Gasteiger charge is -2.16. The zero-order chi connectivity index (χ0) is 16.3. The molecular formula is C18H20ClNO2. The second-order valence-electron chi connectivity index (χ2n) is 5.43. The Morgan fingerprint density at radius 2 is 1.59 bits per heavy atom. The highest BCUT2D eigenvalue weighted by molar-refractivity contribution is 6.30. The summed E-state index contributed by atoms with van der Waals surface area (Å²) in [6, 6.07) is 9.11. The quantitative estimate of drug-likeness (QED) is 0.895. The van der Waals surface area contributed by atoms with Crippen molar-refractivity contribution in [2.45, 2.75) is 27.7 Å². The number of aryl methyl sites for hydroxylation is 2. The third kappa shape index (κ3) is 3.80. The van der Waals surface area contributed by atoms with Crippen LogP contribution in [0.2, 0.25) is 5.02 Å². The summed E-state index contributed by atoms with van der Waals surface area (Å²) in [5.74, 6) is 0.601. The molecule has 2 rings (SSSR count). The summed E-state index contributed by atoms with van der Waals surface area (Å²) < 4.78 is 5.75. The number of nitrogens with one attached hydrogen (secondary N) is 1. The molecule has 1 amide bonds. The van der Waals surface area contributed by atoms with Crippen molar-refractivity contribution in [3.63, 3.8) is 0 Å². The number of amides is 1. The van der Waals surface area contributed by atoms with Crippen LogP contribution in [0.4, 0.5) is 5.69 Å². The van der Waals surface area contributed by atoms with E-state index >= 15 is 0 Å². The van der Waals surface area contributed by atoms with Gasteiger partial charge in [-0.15, -0.1) is 0 Å². The van der Waals surface area contributed by atoms with E-state index in [-0.39, 0.29) is 12.5 Å². The second kappa shape index (κ2) is 6.84. The van der Waals surface area contributed by atoms with Gasteiger partial charge in [-0.25, -0.2) is 0 Å². The minimum atomic E-state index is -0.194. The van der Waals surface area contributed by atoms with E-state index in [9.17, 15) is 4.79 Å². The van der Waals surface area contributed by atoms with Crippen LogP contribution in [0.3, 0.4) is 0 Å². The molecule has 0 fully saturated rings. The Balaban J connectivity index is 2.04. The molecule has 3 nitrogen and oxygen atoms in total. The van der Waals surface area contributed by atoms with Gasteiger partial charge in [-0.05, 0) is 74.2 Å². The average molecular weight is 318 g/mol. The van der Waals surface area contributed by atoms with Crippen molar-refractivity contribution < 1.29 is 9.53 Å². The summed E-state index contributed by atoms with van der Waals surface area (Å²) in [5, 5.41) is 3.42. The van der Waals surface area contributed by atoms with Crippen LogP contribution in [0.5, 0.6) is 5.75 Å². The molecule has 4 heteroatoms. The van der Waals surface area contributed by atoms with Gasteiger partial charge in [-0.1, -0.05) is 17.7 Å². The third-order valence-corrected chi connectivity index (χ3v) is 4.02. The molecule has 1 N–H and O–H groups in total. The SMILES string of the molecule is Cc1cc(C)c(C)c(OCC(=O)Nc2ccc(Cl)cc2)c1C. The fourth-order valence-corrected chi connectivity index (χ4v) is 2.39. The zero-order valence-electron chi connectivity index (χ0n) is 13.3. The summed E-state index contributed by atoms with van der Waals surface area (Å²) in [4.78, 5) is 12.0. The number of carbonyl (C=O) groups is 1. The molecule has 0 saturated carbocycles. The van der Waals surface area contributed by atoms with Gasteiger partial charge < -0.3 is 10.1 Å². The minimum absolute atomic E-state index is 0.0206. The fraction of sp³-hybridized carbons (Fsp3) is 0.278. The Hall–Kier alpha value is -2.00. The monoisotopic (exact) mass is 317 g/mol. The molecule has 0 heterocycles. The number of carbonyl (C=O) groups excluding carboxylic acids is 1. The maximum Gasteiger partial charge on any atom is 0.262 e. The molecule has 2 aromatic carbocycles. The number of benzene rings is 2. The number of anilines is 1. The van der Waals surface area contributed by atoms with E-state index in [1.54, 1.807) is 24.3 Å². The number of hydrogen-bond donors (Lipinski definition) is 1. The van der Waals surface area contributed by atoms with E-state index in [2.05, 4.69) is 11.4 Å². The van der Waals surface area contributed by atoms with Gasteiger partial charge in [0.2, 0.25) is 0 Å². The van der Waals surface area contributed by atoms with Crippen molar-refractivity contribution in [1.29, 1.82) is 0 Å². The first-order valence-corrected chi connectivity index (χ1v) is 7.52. The van der Waals surface area contributed by atoms with Gasteiger partial charge in [0.15, 0.2) is 6.61 Å². The van der Waals surface area contributed by atoms with Crippen molar-refractivity contribution in [3.8, 4) is 5.75 Å². The van der Waals surface area contributed by atoms with Crippen LogP contribution in [0.15, 0.2) is 30.3 Å². The molecule has 0 aliphatic rings. The molecule has 0 aromatic heterocycles. The molecule has 2 aromatic rings. The van der Waals surface area contributed by atoms with E-state index in [1.165, 1.54) is 0 Å². The lowest BCUT2D eigenvalue weighted by Crippen LogP contribution is -2.20. The van der Waals surface area contributed by atoms with Crippen molar-refractivity contribution >= 4 is 23.2 Å². The van der Waals surface area contributed by atoms with Crippen molar-refractivity contribution in [3.05, 3.63) is 57.6 Å². The standard InChI is InChI=1S/C18H20ClNO2/c1-11-9-12(2)14(4)18(13(11)3)22-10-17(21)20-16-7-5-15(19)6-8-16/h5-9H,10H2,1-4H3,(H,20,21). The topological polar surface area (TPSA) is 38.3 Å². The number of hydrogen-bond acceptors (Lipinski definition) is 2. The first kappa shape index (κ1) is 16.4. The zero-order valence-corrected chi connectivity index (χ0v) is 14.0. The average Bonchev–Trinajstić information content (AvgIpc) is 2.47. The molecule has 0 unspecified atom stereocenters. The third-order valence-electron chi connectivity index (χ3n) is 3.77. The summed E-state index contributed by atoms with van der Waals surface area (Å²) in [5.41, 5.74) is 5.17. The van der Waals surface area contributed by atoms with Gasteiger partial charge >= 0.3 is 0 Å². The van der Waals surface area contributed by atoms with Gasteiger partial charge in [-0.3, -0.25) is 4.79 Å². The summed E-state index contributed by atoms with van der Waals surface area (Å²) in [7, 11) is 0. The van der Waals surface area contributed by atoms with Crippen LogP contribution < -0.4 is 10.1 Å². The highest BCUT2D eigenvalue weighted by atomic mass is 35.5. The maximum atomic E-state index is 12.0. The molecule has 22 heavy (non-hydrogen) atoms. The number of rotatable bonds is 4.